The Morgan fingerprint density at radius 2 is 0.950 bits per heavy atom. The molecular weight excluding hydrogens is 262 g/mol. The molecule has 120 valence electrons. The highest BCUT2D eigenvalue weighted by Crippen LogP contribution is 1.93. The van der Waals surface area contributed by atoms with Gasteiger partial charge in [-0.2, -0.15) is 0 Å². The average molecular weight is 291 g/mol. The van der Waals surface area contributed by atoms with Crippen LogP contribution in [0, 0.1) is 0 Å². The molecule has 1 rings (SSSR count). The Morgan fingerprint density at radius 1 is 0.600 bits per heavy atom. The predicted molar refractivity (Wildman–Crippen MR) is 76.2 cm³/mol. The Bertz CT molecular complexity index is 198. The van der Waals surface area contributed by atoms with Crippen LogP contribution >= 0.6 is 0 Å². The molecule has 1 N–H and O–H groups in total. The molecule has 0 saturated carbocycles. The van der Waals surface area contributed by atoms with Crippen molar-refractivity contribution in [1.29, 1.82) is 0 Å². The van der Waals surface area contributed by atoms with Crippen LogP contribution in [0.4, 0.5) is 0 Å². The van der Waals surface area contributed by atoms with Crippen LogP contribution in [0.25, 0.3) is 0 Å². The summed E-state index contributed by atoms with van der Waals surface area (Å²) in [5.41, 5.74) is 0. The summed E-state index contributed by atoms with van der Waals surface area (Å²) < 4.78 is 27.5. The number of nitrogens with one attached hydrogen (secondary N) is 1. The van der Waals surface area contributed by atoms with Gasteiger partial charge in [0, 0.05) is 13.1 Å². The molecule has 0 bridgehead atoms. The first-order valence-corrected chi connectivity index (χ1v) is 7.46. The van der Waals surface area contributed by atoms with E-state index in [-0.39, 0.29) is 12.2 Å². The second-order valence-electron chi connectivity index (χ2n) is 4.86. The summed E-state index contributed by atoms with van der Waals surface area (Å²) in [5.74, 6) is 0. The third kappa shape index (κ3) is 10.5. The van der Waals surface area contributed by atoms with Gasteiger partial charge in [0.2, 0.25) is 0 Å². The fourth-order valence-corrected chi connectivity index (χ4v) is 1.77. The van der Waals surface area contributed by atoms with Gasteiger partial charge in [0.15, 0.2) is 0 Å². The molecule has 0 aromatic rings. The van der Waals surface area contributed by atoms with Crippen LogP contribution in [-0.2, 0) is 23.7 Å². The molecule has 2 atom stereocenters. The molecule has 1 aliphatic rings. The second-order valence-corrected chi connectivity index (χ2v) is 4.86. The van der Waals surface area contributed by atoms with E-state index < -0.39 is 0 Å². The highest BCUT2D eigenvalue weighted by molar-refractivity contribution is 4.60. The lowest BCUT2D eigenvalue weighted by Gasteiger charge is -2.18. The van der Waals surface area contributed by atoms with E-state index in [4.69, 9.17) is 23.7 Å². The van der Waals surface area contributed by atoms with Crippen LogP contribution in [0.3, 0.4) is 0 Å². The fourth-order valence-electron chi connectivity index (χ4n) is 1.77. The van der Waals surface area contributed by atoms with Gasteiger partial charge in [-0.1, -0.05) is 0 Å². The normalized spacial score (nSPS) is 30.3. The SMILES string of the molecule is C[C@@H]1CNC[C@@H](C)OCCOCCOCCOCCO1. The number of hydrogen-bond acceptors (Lipinski definition) is 6. The van der Waals surface area contributed by atoms with Crippen LogP contribution in [0.2, 0.25) is 0 Å². The first kappa shape index (κ1) is 17.8. The third-order valence-corrected chi connectivity index (χ3v) is 2.87. The molecule has 6 nitrogen and oxygen atoms in total. The lowest BCUT2D eigenvalue weighted by atomic mass is 10.3. The lowest BCUT2D eigenvalue weighted by molar-refractivity contribution is -0.0297. The Kier molecular flexibility index (Phi) is 11.1. The largest absolute Gasteiger partial charge is 0.377 e. The molecule has 0 unspecified atom stereocenters. The van der Waals surface area contributed by atoms with Gasteiger partial charge < -0.3 is 29.0 Å². The quantitative estimate of drug-likeness (QED) is 0.699. The highest BCUT2D eigenvalue weighted by Gasteiger charge is 2.05. The van der Waals surface area contributed by atoms with E-state index in [2.05, 4.69) is 5.32 Å². The Morgan fingerprint density at radius 3 is 1.35 bits per heavy atom. The maximum absolute atomic E-state index is 5.63. The van der Waals surface area contributed by atoms with Crippen molar-refractivity contribution in [1.82, 2.24) is 5.32 Å². The van der Waals surface area contributed by atoms with E-state index >= 15 is 0 Å². The summed E-state index contributed by atoms with van der Waals surface area (Å²) in [7, 11) is 0. The standard InChI is InChI=1S/C14H29NO5/c1-13-11-15-12-14(2)20-10-8-18-6-4-16-3-5-17-7-9-19-13/h13-15H,3-12H2,1-2H3/t13-,14-/m1/s1. The van der Waals surface area contributed by atoms with Crippen molar-refractivity contribution in [3.8, 4) is 0 Å². The van der Waals surface area contributed by atoms with Crippen LogP contribution in [-0.4, -0.2) is 78.2 Å². The minimum absolute atomic E-state index is 0.171. The summed E-state index contributed by atoms with van der Waals surface area (Å²) in [6, 6.07) is 0. The smallest absolute Gasteiger partial charge is 0.0704 e. The summed E-state index contributed by atoms with van der Waals surface area (Å²) in [5, 5.41) is 3.34. The molecule has 0 spiro atoms. The number of hydrogen-bond donors (Lipinski definition) is 1. The van der Waals surface area contributed by atoms with Gasteiger partial charge in [-0.05, 0) is 13.8 Å². The molecule has 0 aliphatic carbocycles. The molecule has 0 amide bonds. The summed E-state index contributed by atoms with van der Waals surface area (Å²) in [4.78, 5) is 0. The monoisotopic (exact) mass is 291 g/mol. The van der Waals surface area contributed by atoms with Crippen molar-refractivity contribution in [3.63, 3.8) is 0 Å². The molecule has 1 fully saturated rings. The van der Waals surface area contributed by atoms with E-state index in [0.29, 0.717) is 52.9 Å². The maximum atomic E-state index is 5.63. The zero-order valence-electron chi connectivity index (χ0n) is 12.8. The molecular formula is C14H29NO5. The van der Waals surface area contributed by atoms with Crippen molar-refractivity contribution in [2.24, 2.45) is 0 Å². The van der Waals surface area contributed by atoms with Gasteiger partial charge >= 0.3 is 0 Å². The molecule has 6 heteroatoms. The van der Waals surface area contributed by atoms with E-state index in [1.54, 1.807) is 0 Å². The zero-order valence-corrected chi connectivity index (χ0v) is 12.8. The van der Waals surface area contributed by atoms with Crippen molar-refractivity contribution >= 4 is 0 Å². The lowest BCUT2D eigenvalue weighted by Crippen LogP contribution is -2.34. The maximum Gasteiger partial charge on any atom is 0.0704 e. The Labute approximate surface area is 122 Å². The summed E-state index contributed by atoms with van der Waals surface area (Å²) >= 11 is 0. The van der Waals surface area contributed by atoms with E-state index in [1.165, 1.54) is 0 Å². The molecule has 0 aromatic carbocycles. The summed E-state index contributed by atoms with van der Waals surface area (Å²) in [6.07, 6.45) is 0.341. The molecule has 0 radical (unpaired) electrons. The second kappa shape index (κ2) is 12.5. The van der Waals surface area contributed by atoms with E-state index in [1.807, 2.05) is 13.8 Å². The van der Waals surface area contributed by atoms with Gasteiger partial charge in [0.25, 0.3) is 0 Å². The minimum Gasteiger partial charge on any atom is -0.377 e. The van der Waals surface area contributed by atoms with Crippen LogP contribution < -0.4 is 5.32 Å². The van der Waals surface area contributed by atoms with Crippen molar-refractivity contribution in [3.05, 3.63) is 0 Å². The van der Waals surface area contributed by atoms with Gasteiger partial charge in [0.1, 0.15) is 0 Å². The molecule has 1 heterocycles. The van der Waals surface area contributed by atoms with Crippen LogP contribution in [0.5, 0.6) is 0 Å². The van der Waals surface area contributed by atoms with E-state index in [9.17, 15) is 0 Å². The van der Waals surface area contributed by atoms with Crippen molar-refractivity contribution < 1.29 is 23.7 Å². The van der Waals surface area contributed by atoms with Crippen molar-refractivity contribution in [2.75, 3.05) is 65.9 Å². The van der Waals surface area contributed by atoms with Crippen LogP contribution in [0.15, 0.2) is 0 Å². The summed E-state index contributed by atoms with van der Waals surface area (Å²) in [6.45, 7) is 10.5. The number of rotatable bonds is 0. The zero-order chi connectivity index (χ0) is 14.5. The van der Waals surface area contributed by atoms with Crippen LogP contribution in [0.1, 0.15) is 13.8 Å². The third-order valence-electron chi connectivity index (χ3n) is 2.87. The molecule has 1 aliphatic heterocycles. The Balaban J connectivity index is 2.17. The molecule has 0 aromatic heterocycles. The van der Waals surface area contributed by atoms with Gasteiger partial charge in [0.05, 0.1) is 65.1 Å². The van der Waals surface area contributed by atoms with Gasteiger partial charge in [-0.15, -0.1) is 0 Å². The topological polar surface area (TPSA) is 58.2 Å². The van der Waals surface area contributed by atoms with Gasteiger partial charge in [-0.25, -0.2) is 0 Å². The molecule has 20 heavy (non-hydrogen) atoms. The van der Waals surface area contributed by atoms with Crippen molar-refractivity contribution in [2.45, 2.75) is 26.1 Å². The molecule has 1 saturated heterocycles. The minimum atomic E-state index is 0.171. The van der Waals surface area contributed by atoms with Gasteiger partial charge in [-0.3, -0.25) is 0 Å². The Hall–Kier alpha value is -0.240. The number of ether oxygens (including phenoxy) is 5. The first-order valence-electron chi connectivity index (χ1n) is 7.46. The first-order chi connectivity index (χ1) is 9.79. The highest BCUT2D eigenvalue weighted by atomic mass is 16.6. The fraction of sp³-hybridized carbons (Fsp3) is 1.00. The van der Waals surface area contributed by atoms with E-state index in [0.717, 1.165) is 13.1 Å². The predicted octanol–water partition coefficient (Wildman–Crippen LogP) is 0.450. The average Bonchev–Trinajstić information content (AvgIpc) is 2.43.